The fraction of sp³-hybridized carbons (Fsp3) is 0.333. The van der Waals surface area contributed by atoms with Crippen molar-refractivity contribution in [2.24, 2.45) is 0 Å². The fourth-order valence-electron chi connectivity index (χ4n) is 1.96. The van der Waals surface area contributed by atoms with Crippen molar-refractivity contribution in [1.29, 1.82) is 0 Å². The third-order valence-corrected chi connectivity index (χ3v) is 4.19. The standard InChI is InChI=1S/C15H18N2O2S/c1-9(2)12-13(14(18)19)20-15(16-12)17(4)11-7-5-6-10(3)8-11/h5-9H,1-4H3,(H,18,19). The first-order valence-electron chi connectivity index (χ1n) is 6.44. The first kappa shape index (κ1) is 14.5. The molecular weight excluding hydrogens is 272 g/mol. The SMILES string of the molecule is Cc1cccc(N(C)c2nc(C(C)C)c(C(=O)O)s2)c1. The first-order valence-corrected chi connectivity index (χ1v) is 7.26. The van der Waals surface area contributed by atoms with Gasteiger partial charge in [0.2, 0.25) is 0 Å². The van der Waals surface area contributed by atoms with Crippen molar-refractivity contribution in [1.82, 2.24) is 4.98 Å². The molecule has 0 amide bonds. The number of carboxylic acid groups (broad SMARTS) is 1. The van der Waals surface area contributed by atoms with E-state index in [1.54, 1.807) is 0 Å². The summed E-state index contributed by atoms with van der Waals surface area (Å²) in [6, 6.07) is 8.05. The molecule has 1 aromatic heterocycles. The Morgan fingerprint density at radius 2 is 2.10 bits per heavy atom. The van der Waals surface area contributed by atoms with Gasteiger partial charge >= 0.3 is 5.97 Å². The lowest BCUT2D eigenvalue weighted by Crippen LogP contribution is -2.09. The van der Waals surface area contributed by atoms with Crippen LogP contribution in [0.4, 0.5) is 10.8 Å². The molecule has 2 aromatic rings. The number of thiazole rings is 1. The smallest absolute Gasteiger partial charge is 0.347 e. The van der Waals surface area contributed by atoms with Gasteiger partial charge in [0.15, 0.2) is 5.13 Å². The fourth-order valence-corrected chi connectivity index (χ4v) is 3.00. The van der Waals surface area contributed by atoms with Crippen LogP contribution < -0.4 is 4.90 Å². The number of carbonyl (C=O) groups is 1. The van der Waals surface area contributed by atoms with Gasteiger partial charge in [0.25, 0.3) is 0 Å². The number of aromatic nitrogens is 1. The maximum Gasteiger partial charge on any atom is 0.347 e. The quantitative estimate of drug-likeness (QED) is 0.923. The van der Waals surface area contributed by atoms with Crippen molar-refractivity contribution in [2.45, 2.75) is 26.7 Å². The van der Waals surface area contributed by atoms with E-state index in [2.05, 4.69) is 11.1 Å². The maximum atomic E-state index is 11.3. The minimum atomic E-state index is -0.907. The van der Waals surface area contributed by atoms with E-state index in [4.69, 9.17) is 0 Å². The average molecular weight is 290 g/mol. The highest BCUT2D eigenvalue weighted by molar-refractivity contribution is 7.17. The molecule has 106 valence electrons. The molecule has 20 heavy (non-hydrogen) atoms. The Morgan fingerprint density at radius 1 is 1.40 bits per heavy atom. The van der Waals surface area contributed by atoms with Crippen LogP contribution in [0, 0.1) is 6.92 Å². The molecule has 0 radical (unpaired) electrons. The summed E-state index contributed by atoms with van der Waals surface area (Å²) in [5.41, 5.74) is 2.82. The lowest BCUT2D eigenvalue weighted by atomic mass is 10.1. The summed E-state index contributed by atoms with van der Waals surface area (Å²) in [6.07, 6.45) is 0. The number of aryl methyl sites for hydroxylation is 1. The number of aromatic carboxylic acids is 1. The van der Waals surface area contributed by atoms with Crippen LogP contribution in [0.3, 0.4) is 0 Å². The van der Waals surface area contributed by atoms with E-state index in [1.807, 2.05) is 50.9 Å². The van der Waals surface area contributed by atoms with E-state index in [1.165, 1.54) is 11.3 Å². The van der Waals surface area contributed by atoms with Gasteiger partial charge in [0.05, 0.1) is 5.69 Å². The predicted molar refractivity (Wildman–Crippen MR) is 82.4 cm³/mol. The van der Waals surface area contributed by atoms with E-state index in [0.717, 1.165) is 11.3 Å². The van der Waals surface area contributed by atoms with Gasteiger partial charge in [0.1, 0.15) is 4.88 Å². The number of carboxylic acids is 1. The van der Waals surface area contributed by atoms with Crippen molar-refractivity contribution < 1.29 is 9.90 Å². The number of rotatable bonds is 4. The number of hydrogen-bond acceptors (Lipinski definition) is 4. The molecule has 2 rings (SSSR count). The molecule has 5 heteroatoms. The first-order chi connectivity index (χ1) is 9.40. The molecular formula is C15H18N2O2S. The van der Waals surface area contributed by atoms with E-state index in [0.29, 0.717) is 15.7 Å². The molecule has 0 saturated carbocycles. The second-order valence-corrected chi connectivity index (χ2v) is 6.05. The predicted octanol–water partition coefficient (Wildman–Crippen LogP) is 4.04. The van der Waals surface area contributed by atoms with Gasteiger partial charge in [0, 0.05) is 12.7 Å². The van der Waals surface area contributed by atoms with Crippen LogP contribution in [0.1, 0.15) is 40.7 Å². The van der Waals surface area contributed by atoms with Gasteiger partial charge in [-0.1, -0.05) is 37.3 Å². The van der Waals surface area contributed by atoms with Crippen LogP contribution in [0.5, 0.6) is 0 Å². The zero-order chi connectivity index (χ0) is 14.9. The van der Waals surface area contributed by atoms with Crippen molar-refractivity contribution in [3.63, 3.8) is 0 Å². The van der Waals surface area contributed by atoms with Crippen LogP contribution in [-0.4, -0.2) is 23.1 Å². The highest BCUT2D eigenvalue weighted by atomic mass is 32.1. The molecule has 0 fully saturated rings. The number of nitrogens with zero attached hydrogens (tertiary/aromatic N) is 2. The van der Waals surface area contributed by atoms with E-state index in [9.17, 15) is 9.90 Å². The summed E-state index contributed by atoms with van der Waals surface area (Å²) in [4.78, 5) is 18.1. The molecule has 0 spiro atoms. The maximum absolute atomic E-state index is 11.3. The lowest BCUT2D eigenvalue weighted by molar-refractivity contribution is 0.0700. The monoisotopic (exact) mass is 290 g/mol. The molecule has 1 heterocycles. The van der Waals surface area contributed by atoms with E-state index >= 15 is 0 Å². The van der Waals surface area contributed by atoms with Gasteiger partial charge in [-0.15, -0.1) is 0 Å². The summed E-state index contributed by atoms with van der Waals surface area (Å²) in [5.74, 6) is -0.813. The number of anilines is 2. The summed E-state index contributed by atoms with van der Waals surface area (Å²) >= 11 is 1.22. The lowest BCUT2D eigenvalue weighted by Gasteiger charge is -2.16. The Labute approximate surface area is 122 Å². The van der Waals surface area contributed by atoms with Crippen LogP contribution in [0.25, 0.3) is 0 Å². The Bertz CT molecular complexity index is 635. The Balaban J connectivity index is 2.42. The molecule has 0 aliphatic carbocycles. The van der Waals surface area contributed by atoms with Crippen molar-refractivity contribution in [2.75, 3.05) is 11.9 Å². The Hall–Kier alpha value is -1.88. The van der Waals surface area contributed by atoms with E-state index < -0.39 is 5.97 Å². The van der Waals surface area contributed by atoms with Crippen molar-refractivity contribution in [3.8, 4) is 0 Å². The highest BCUT2D eigenvalue weighted by Gasteiger charge is 2.21. The van der Waals surface area contributed by atoms with Crippen LogP contribution in [-0.2, 0) is 0 Å². The molecule has 0 unspecified atom stereocenters. The Kier molecular flexibility index (Phi) is 4.09. The minimum absolute atomic E-state index is 0.0945. The third-order valence-electron chi connectivity index (χ3n) is 3.06. The largest absolute Gasteiger partial charge is 0.477 e. The highest BCUT2D eigenvalue weighted by Crippen LogP contribution is 2.33. The van der Waals surface area contributed by atoms with Gasteiger partial charge in [-0.2, -0.15) is 0 Å². The van der Waals surface area contributed by atoms with Gasteiger partial charge < -0.3 is 10.0 Å². The Morgan fingerprint density at radius 3 is 2.60 bits per heavy atom. The minimum Gasteiger partial charge on any atom is -0.477 e. The zero-order valence-corrected chi connectivity index (χ0v) is 12.9. The topological polar surface area (TPSA) is 53.4 Å². The number of hydrogen-bond donors (Lipinski definition) is 1. The summed E-state index contributed by atoms with van der Waals surface area (Å²) in [6.45, 7) is 5.94. The third kappa shape index (κ3) is 2.82. The van der Waals surface area contributed by atoms with Gasteiger partial charge in [-0.05, 0) is 30.5 Å². The van der Waals surface area contributed by atoms with Gasteiger partial charge in [-0.3, -0.25) is 0 Å². The molecule has 0 saturated heterocycles. The molecule has 0 atom stereocenters. The average Bonchev–Trinajstić information content (AvgIpc) is 2.83. The molecule has 0 aliphatic rings. The summed E-state index contributed by atoms with van der Waals surface area (Å²) in [7, 11) is 1.91. The number of benzene rings is 1. The zero-order valence-electron chi connectivity index (χ0n) is 12.0. The van der Waals surface area contributed by atoms with Crippen molar-refractivity contribution in [3.05, 3.63) is 40.4 Å². The molecule has 1 N–H and O–H groups in total. The molecule has 4 nitrogen and oxygen atoms in total. The normalized spacial score (nSPS) is 10.8. The van der Waals surface area contributed by atoms with Crippen molar-refractivity contribution >= 4 is 28.1 Å². The van der Waals surface area contributed by atoms with E-state index in [-0.39, 0.29) is 5.92 Å². The molecule has 0 aliphatic heterocycles. The van der Waals surface area contributed by atoms with Gasteiger partial charge in [-0.25, -0.2) is 9.78 Å². The second-order valence-electron chi connectivity index (χ2n) is 5.07. The summed E-state index contributed by atoms with van der Waals surface area (Å²) < 4.78 is 0. The molecule has 1 aromatic carbocycles. The van der Waals surface area contributed by atoms with Crippen LogP contribution in [0.15, 0.2) is 24.3 Å². The molecule has 0 bridgehead atoms. The van der Waals surface area contributed by atoms with Crippen LogP contribution >= 0.6 is 11.3 Å². The summed E-state index contributed by atoms with van der Waals surface area (Å²) in [5, 5.41) is 9.98. The van der Waals surface area contributed by atoms with Crippen LogP contribution in [0.2, 0.25) is 0 Å². The second kappa shape index (κ2) is 5.63.